The molecule has 1 rings (SSSR count). The van der Waals surface area contributed by atoms with Crippen LogP contribution in [0.25, 0.3) is 0 Å². The number of nitrogens with zero attached hydrogens (tertiary/aromatic N) is 1. The predicted octanol–water partition coefficient (Wildman–Crippen LogP) is 3.36. The van der Waals surface area contributed by atoms with Crippen molar-refractivity contribution in [1.82, 2.24) is 4.31 Å². The van der Waals surface area contributed by atoms with Crippen LogP contribution in [0, 0.1) is 0 Å². The molecule has 70 valence electrons. The van der Waals surface area contributed by atoms with Gasteiger partial charge in [0.1, 0.15) is 0 Å². The number of rotatable bonds is 3. The molecule has 0 radical (unpaired) electrons. The summed E-state index contributed by atoms with van der Waals surface area (Å²) in [7, 11) is 3.79. The van der Waals surface area contributed by atoms with E-state index in [9.17, 15) is 9.18 Å². The Morgan fingerprint density at radius 2 is 2.00 bits per heavy atom. The summed E-state index contributed by atoms with van der Waals surface area (Å²) in [6.45, 7) is 0. The van der Waals surface area contributed by atoms with Crippen LogP contribution in [0.2, 0.25) is 0 Å². The zero-order valence-electron chi connectivity index (χ0n) is 6.94. The molecule has 0 unspecified atom stereocenters. The Morgan fingerprint density at radius 1 is 1.38 bits per heavy atom. The number of carbonyl (C=O) groups is 1. The summed E-state index contributed by atoms with van der Waals surface area (Å²) in [6, 6.07) is 9.47. The first-order chi connectivity index (χ1) is 6.20. The zero-order chi connectivity index (χ0) is 9.68. The smallest absolute Gasteiger partial charge is 0.251 e. The third-order valence-electron chi connectivity index (χ3n) is 1.24. The predicted molar refractivity (Wildman–Crippen MR) is 54.2 cm³/mol. The molecule has 13 heavy (non-hydrogen) atoms. The molecule has 1 aromatic carbocycles. The lowest BCUT2D eigenvalue weighted by molar-refractivity contribution is 0.210. The van der Waals surface area contributed by atoms with E-state index in [2.05, 4.69) is 0 Å². The second kappa shape index (κ2) is 5.14. The van der Waals surface area contributed by atoms with E-state index in [1.54, 1.807) is 0 Å². The highest BCUT2D eigenvalue weighted by atomic mass is 33.1. The van der Waals surface area contributed by atoms with Crippen LogP contribution in [0.4, 0.5) is 9.18 Å². The number of hydrogen-bond acceptors (Lipinski definition) is 3. The fourth-order valence-corrected chi connectivity index (χ4v) is 2.23. The van der Waals surface area contributed by atoms with Crippen molar-refractivity contribution in [2.45, 2.75) is 4.90 Å². The molecule has 0 saturated carbocycles. The van der Waals surface area contributed by atoms with Crippen LogP contribution in [0.5, 0.6) is 0 Å². The van der Waals surface area contributed by atoms with Crippen molar-refractivity contribution in [2.24, 2.45) is 0 Å². The van der Waals surface area contributed by atoms with Crippen LogP contribution in [0.3, 0.4) is 0 Å². The molecule has 0 aliphatic rings. The molecule has 1 amide bonds. The SMILES string of the molecule is CN(SSc1ccccc1)C(=O)F. The minimum absolute atomic E-state index is 0.942. The molecule has 0 atom stereocenters. The lowest BCUT2D eigenvalue weighted by Gasteiger charge is -2.08. The molecule has 1 aromatic rings. The van der Waals surface area contributed by atoms with Crippen molar-refractivity contribution in [3.05, 3.63) is 30.3 Å². The van der Waals surface area contributed by atoms with Gasteiger partial charge in [-0.3, -0.25) is 4.31 Å². The zero-order valence-corrected chi connectivity index (χ0v) is 8.57. The Balaban J connectivity index is 2.39. The Labute approximate surface area is 84.0 Å². The highest BCUT2D eigenvalue weighted by molar-refractivity contribution is 8.75. The third kappa shape index (κ3) is 3.69. The average Bonchev–Trinajstić information content (AvgIpc) is 2.15. The topological polar surface area (TPSA) is 20.3 Å². The molecule has 0 aliphatic carbocycles. The summed E-state index contributed by atoms with van der Waals surface area (Å²) in [5, 5.41) is 0. The summed E-state index contributed by atoms with van der Waals surface area (Å²) in [6.07, 6.45) is -1.44. The standard InChI is InChI=1S/C8H8FNOS2/c1-10(8(9)11)13-12-7-5-3-2-4-6-7/h2-6H,1H3. The largest absolute Gasteiger partial charge is 0.410 e. The van der Waals surface area contributed by atoms with Crippen LogP contribution in [-0.4, -0.2) is 17.5 Å². The molecular weight excluding hydrogens is 209 g/mol. The Kier molecular flexibility index (Phi) is 4.11. The van der Waals surface area contributed by atoms with Crippen molar-refractivity contribution in [3.8, 4) is 0 Å². The first-order valence-electron chi connectivity index (χ1n) is 3.53. The lowest BCUT2D eigenvalue weighted by atomic mass is 10.4. The van der Waals surface area contributed by atoms with Gasteiger partial charge in [-0.15, -0.1) is 4.39 Å². The van der Waals surface area contributed by atoms with E-state index in [1.165, 1.54) is 17.8 Å². The van der Waals surface area contributed by atoms with Crippen molar-refractivity contribution in [2.75, 3.05) is 7.05 Å². The quantitative estimate of drug-likeness (QED) is 0.335. The van der Waals surface area contributed by atoms with Gasteiger partial charge in [-0.1, -0.05) is 18.2 Å². The molecule has 0 spiro atoms. The summed E-state index contributed by atoms with van der Waals surface area (Å²) in [4.78, 5) is 11.2. The van der Waals surface area contributed by atoms with E-state index in [4.69, 9.17) is 0 Å². The van der Waals surface area contributed by atoms with Crippen LogP contribution in [0.1, 0.15) is 0 Å². The van der Waals surface area contributed by atoms with Gasteiger partial charge in [-0.25, -0.2) is 4.79 Å². The average molecular weight is 217 g/mol. The van der Waals surface area contributed by atoms with E-state index < -0.39 is 6.16 Å². The van der Waals surface area contributed by atoms with E-state index in [0.29, 0.717) is 0 Å². The fraction of sp³-hybridized carbons (Fsp3) is 0.125. The van der Waals surface area contributed by atoms with E-state index in [1.807, 2.05) is 30.3 Å². The highest BCUT2D eigenvalue weighted by Crippen LogP contribution is 2.32. The van der Waals surface area contributed by atoms with Gasteiger partial charge in [0.25, 0.3) is 0 Å². The molecule has 0 fully saturated rings. The van der Waals surface area contributed by atoms with Crippen LogP contribution in [-0.2, 0) is 0 Å². The van der Waals surface area contributed by atoms with Gasteiger partial charge in [-0.05, 0) is 22.9 Å². The third-order valence-corrected chi connectivity index (χ3v) is 3.61. The molecule has 0 saturated heterocycles. The molecule has 0 N–H and O–H groups in total. The maximum absolute atomic E-state index is 12.1. The van der Waals surface area contributed by atoms with Crippen molar-refractivity contribution < 1.29 is 9.18 Å². The molecule has 0 aromatic heterocycles. The van der Waals surface area contributed by atoms with Gasteiger partial charge in [0.15, 0.2) is 0 Å². The normalized spacial score (nSPS) is 9.69. The fourth-order valence-electron chi connectivity index (χ4n) is 0.604. The van der Waals surface area contributed by atoms with E-state index >= 15 is 0 Å². The first kappa shape index (κ1) is 10.4. The Hall–Kier alpha value is -0.680. The van der Waals surface area contributed by atoms with Gasteiger partial charge < -0.3 is 0 Å². The number of halogens is 1. The minimum atomic E-state index is -1.44. The molecule has 0 aliphatic heterocycles. The second-order valence-corrected chi connectivity index (χ2v) is 4.50. The van der Waals surface area contributed by atoms with Crippen molar-refractivity contribution >= 4 is 27.9 Å². The van der Waals surface area contributed by atoms with Gasteiger partial charge >= 0.3 is 6.16 Å². The molecular formula is C8H8FNOS2. The van der Waals surface area contributed by atoms with Crippen LogP contribution >= 0.6 is 21.8 Å². The van der Waals surface area contributed by atoms with Gasteiger partial charge in [-0.2, -0.15) is 0 Å². The van der Waals surface area contributed by atoms with E-state index in [-0.39, 0.29) is 0 Å². The molecule has 5 heteroatoms. The van der Waals surface area contributed by atoms with Crippen molar-refractivity contribution in [3.63, 3.8) is 0 Å². The van der Waals surface area contributed by atoms with Gasteiger partial charge in [0.2, 0.25) is 0 Å². The van der Waals surface area contributed by atoms with Crippen LogP contribution < -0.4 is 0 Å². The van der Waals surface area contributed by atoms with E-state index in [0.717, 1.165) is 20.2 Å². The monoisotopic (exact) mass is 217 g/mol. The summed E-state index contributed by atoms with van der Waals surface area (Å²) in [5.41, 5.74) is 0. The number of carbonyl (C=O) groups excluding carboxylic acids is 1. The summed E-state index contributed by atoms with van der Waals surface area (Å²) < 4.78 is 13.0. The maximum atomic E-state index is 12.1. The van der Waals surface area contributed by atoms with Crippen LogP contribution in [0.15, 0.2) is 35.2 Å². The second-order valence-electron chi connectivity index (χ2n) is 2.22. The van der Waals surface area contributed by atoms with Gasteiger partial charge in [0.05, 0.1) is 0 Å². The molecule has 2 nitrogen and oxygen atoms in total. The van der Waals surface area contributed by atoms with Gasteiger partial charge in [0, 0.05) is 22.9 Å². The summed E-state index contributed by atoms with van der Waals surface area (Å²) in [5.74, 6) is 0. The lowest BCUT2D eigenvalue weighted by Crippen LogP contribution is -2.10. The Bertz CT molecular complexity index is 281. The number of hydrogen-bond donors (Lipinski definition) is 0. The maximum Gasteiger partial charge on any atom is 0.410 e. The summed E-state index contributed by atoms with van der Waals surface area (Å²) >= 11 is 0. The molecule has 0 heterocycles. The molecule has 0 bridgehead atoms. The van der Waals surface area contributed by atoms with Crippen molar-refractivity contribution in [1.29, 1.82) is 0 Å². The number of amides is 1. The first-order valence-corrected chi connectivity index (χ1v) is 5.63. The number of benzene rings is 1. The minimum Gasteiger partial charge on any atom is -0.251 e. The highest BCUT2D eigenvalue weighted by Gasteiger charge is 2.07. The Morgan fingerprint density at radius 3 is 2.54 bits per heavy atom.